The standard InChI is InChI=1S/C30H32N4O2/c35-30(32-29-23-16-20-15-21(18-23)19-24(29)17-20)36-34-14-13-33(27-6-1-2-7-28(27)34)25-10-8-22(9-11-25)26-5-3-4-12-31-26/h1-12,20-21,23-24,29H,13-19H2,(H,32,35). The van der Waals surface area contributed by atoms with Gasteiger partial charge in [-0.3, -0.25) is 4.98 Å². The number of pyridine rings is 1. The average molecular weight is 481 g/mol. The summed E-state index contributed by atoms with van der Waals surface area (Å²) in [6, 6.07) is 22.9. The van der Waals surface area contributed by atoms with E-state index in [0.717, 1.165) is 46.7 Å². The molecule has 0 unspecified atom stereocenters. The van der Waals surface area contributed by atoms with Gasteiger partial charge in [0.2, 0.25) is 0 Å². The zero-order chi connectivity index (χ0) is 24.1. The molecule has 4 fully saturated rings. The van der Waals surface area contributed by atoms with Gasteiger partial charge in [-0.05, 0) is 92.2 Å². The Morgan fingerprint density at radius 2 is 1.50 bits per heavy atom. The lowest BCUT2D eigenvalue weighted by Gasteiger charge is -2.54. The Labute approximate surface area is 212 Å². The Balaban J connectivity index is 1.06. The largest absolute Gasteiger partial charge is 0.431 e. The number of para-hydroxylation sites is 2. The molecule has 2 aromatic carbocycles. The topological polar surface area (TPSA) is 57.7 Å². The number of benzene rings is 2. The summed E-state index contributed by atoms with van der Waals surface area (Å²) in [4.78, 5) is 25.7. The number of amides is 1. The van der Waals surface area contributed by atoms with Crippen LogP contribution in [0.15, 0.2) is 72.9 Å². The molecule has 1 aromatic heterocycles. The van der Waals surface area contributed by atoms with E-state index in [9.17, 15) is 4.79 Å². The zero-order valence-corrected chi connectivity index (χ0v) is 20.4. The molecule has 1 aliphatic heterocycles. The monoisotopic (exact) mass is 480 g/mol. The number of nitrogens with one attached hydrogen (secondary N) is 1. The van der Waals surface area contributed by atoms with Crippen molar-refractivity contribution in [3.8, 4) is 11.3 Å². The van der Waals surface area contributed by atoms with Crippen molar-refractivity contribution in [2.75, 3.05) is 23.1 Å². The van der Waals surface area contributed by atoms with Crippen LogP contribution in [0.1, 0.15) is 32.1 Å². The molecule has 36 heavy (non-hydrogen) atoms. The van der Waals surface area contributed by atoms with E-state index in [0.29, 0.717) is 18.4 Å². The molecule has 6 heteroatoms. The second kappa shape index (κ2) is 8.84. The van der Waals surface area contributed by atoms with Crippen LogP contribution in [-0.4, -0.2) is 30.2 Å². The molecule has 0 radical (unpaired) electrons. The van der Waals surface area contributed by atoms with E-state index in [1.165, 1.54) is 32.1 Å². The summed E-state index contributed by atoms with van der Waals surface area (Å²) in [7, 11) is 0. The van der Waals surface area contributed by atoms with E-state index in [2.05, 4.69) is 45.5 Å². The van der Waals surface area contributed by atoms with Gasteiger partial charge in [0.25, 0.3) is 0 Å². The minimum absolute atomic E-state index is 0.277. The molecule has 8 rings (SSSR count). The maximum absolute atomic E-state index is 13.0. The van der Waals surface area contributed by atoms with Gasteiger partial charge in [0.1, 0.15) is 0 Å². The number of fused-ring (bicyclic) bond motifs is 1. The van der Waals surface area contributed by atoms with Crippen molar-refractivity contribution in [2.24, 2.45) is 23.7 Å². The van der Waals surface area contributed by atoms with Crippen LogP contribution < -0.4 is 15.3 Å². The Hall–Kier alpha value is -3.54. The lowest BCUT2D eigenvalue weighted by molar-refractivity contribution is -0.0142. The highest BCUT2D eigenvalue weighted by molar-refractivity contribution is 5.81. The summed E-state index contributed by atoms with van der Waals surface area (Å²) in [6.45, 7) is 1.33. The van der Waals surface area contributed by atoms with Crippen LogP contribution in [0, 0.1) is 23.7 Å². The van der Waals surface area contributed by atoms with Crippen LogP contribution in [0.4, 0.5) is 21.9 Å². The van der Waals surface area contributed by atoms with Crippen LogP contribution in [0.5, 0.6) is 0 Å². The number of nitrogens with zero attached hydrogens (tertiary/aromatic N) is 3. The van der Waals surface area contributed by atoms with E-state index in [1.807, 2.05) is 42.6 Å². The first kappa shape index (κ1) is 21.7. The third-order valence-corrected chi connectivity index (χ3v) is 8.81. The lowest BCUT2D eigenvalue weighted by Crippen LogP contribution is -2.56. The van der Waals surface area contributed by atoms with Crippen LogP contribution in [0.2, 0.25) is 0 Å². The van der Waals surface area contributed by atoms with Gasteiger partial charge in [-0.25, -0.2) is 9.86 Å². The summed E-state index contributed by atoms with van der Waals surface area (Å²) in [5.74, 6) is 3.04. The fourth-order valence-corrected chi connectivity index (χ4v) is 7.47. The van der Waals surface area contributed by atoms with E-state index in [4.69, 9.17) is 4.84 Å². The third kappa shape index (κ3) is 3.89. The van der Waals surface area contributed by atoms with Gasteiger partial charge in [-0.15, -0.1) is 0 Å². The van der Waals surface area contributed by atoms with Gasteiger partial charge in [0, 0.05) is 30.0 Å². The maximum atomic E-state index is 13.0. The van der Waals surface area contributed by atoms with Crippen molar-refractivity contribution in [2.45, 2.75) is 38.1 Å². The number of anilines is 3. The van der Waals surface area contributed by atoms with Gasteiger partial charge >= 0.3 is 6.09 Å². The quantitative estimate of drug-likeness (QED) is 0.484. The summed E-state index contributed by atoms with van der Waals surface area (Å²) in [5, 5.41) is 5.05. The smallest absolute Gasteiger partial charge is 0.338 e. The summed E-state index contributed by atoms with van der Waals surface area (Å²) >= 11 is 0. The first-order chi connectivity index (χ1) is 17.7. The number of carbonyl (C=O) groups is 1. The van der Waals surface area contributed by atoms with Crippen molar-refractivity contribution >= 4 is 23.2 Å². The zero-order valence-electron chi connectivity index (χ0n) is 20.4. The molecule has 5 aliphatic rings. The van der Waals surface area contributed by atoms with Gasteiger partial charge in [0.05, 0.1) is 23.6 Å². The minimum Gasteiger partial charge on any atom is -0.338 e. The second-order valence-corrected chi connectivity index (χ2v) is 11.0. The number of hydroxylamine groups is 1. The van der Waals surface area contributed by atoms with Gasteiger partial charge in [0.15, 0.2) is 0 Å². The number of hydrogen-bond donors (Lipinski definition) is 1. The predicted molar refractivity (Wildman–Crippen MR) is 141 cm³/mol. The Morgan fingerprint density at radius 3 is 2.19 bits per heavy atom. The van der Waals surface area contributed by atoms with Crippen molar-refractivity contribution in [1.82, 2.24) is 10.3 Å². The molecule has 4 aliphatic carbocycles. The molecule has 184 valence electrons. The minimum atomic E-state index is -0.310. The lowest BCUT2D eigenvalue weighted by atomic mass is 9.54. The van der Waals surface area contributed by atoms with Crippen molar-refractivity contribution in [3.63, 3.8) is 0 Å². The fraction of sp³-hybridized carbons (Fsp3) is 0.400. The first-order valence-corrected chi connectivity index (χ1v) is 13.4. The number of aromatic nitrogens is 1. The van der Waals surface area contributed by atoms with Crippen LogP contribution in [0.3, 0.4) is 0 Å². The van der Waals surface area contributed by atoms with E-state index < -0.39 is 0 Å². The van der Waals surface area contributed by atoms with Crippen LogP contribution in [-0.2, 0) is 4.84 Å². The fourth-order valence-electron chi connectivity index (χ4n) is 7.47. The highest BCUT2D eigenvalue weighted by Crippen LogP contribution is 2.53. The molecule has 0 spiro atoms. The summed E-state index contributed by atoms with van der Waals surface area (Å²) in [6.07, 6.45) is 8.03. The molecular formula is C30H32N4O2. The van der Waals surface area contributed by atoms with Gasteiger partial charge in [-0.2, -0.15) is 0 Å². The highest BCUT2D eigenvalue weighted by Gasteiger charge is 2.49. The van der Waals surface area contributed by atoms with E-state index in [1.54, 1.807) is 5.06 Å². The summed E-state index contributed by atoms with van der Waals surface area (Å²) in [5.41, 5.74) is 5.12. The van der Waals surface area contributed by atoms with E-state index >= 15 is 0 Å². The van der Waals surface area contributed by atoms with Crippen LogP contribution >= 0.6 is 0 Å². The first-order valence-electron chi connectivity index (χ1n) is 13.4. The normalized spacial score (nSPS) is 28.1. The van der Waals surface area contributed by atoms with Crippen molar-refractivity contribution in [1.29, 1.82) is 0 Å². The molecular weight excluding hydrogens is 448 g/mol. The Bertz CT molecular complexity index is 1220. The maximum Gasteiger partial charge on any atom is 0.431 e. The van der Waals surface area contributed by atoms with Gasteiger partial charge < -0.3 is 15.1 Å². The second-order valence-electron chi connectivity index (χ2n) is 11.0. The van der Waals surface area contributed by atoms with Crippen molar-refractivity contribution in [3.05, 3.63) is 72.9 Å². The number of carbonyl (C=O) groups excluding carboxylic acids is 1. The molecule has 0 saturated heterocycles. The predicted octanol–water partition coefficient (Wildman–Crippen LogP) is 6.17. The van der Waals surface area contributed by atoms with Crippen LogP contribution in [0.25, 0.3) is 11.3 Å². The molecule has 0 atom stereocenters. The highest BCUT2D eigenvalue weighted by atomic mass is 16.7. The van der Waals surface area contributed by atoms with Gasteiger partial charge in [-0.1, -0.05) is 30.3 Å². The van der Waals surface area contributed by atoms with E-state index in [-0.39, 0.29) is 12.1 Å². The molecule has 2 heterocycles. The third-order valence-electron chi connectivity index (χ3n) is 8.81. The molecule has 3 aromatic rings. The molecule has 1 amide bonds. The molecule has 4 saturated carbocycles. The van der Waals surface area contributed by atoms with Crippen molar-refractivity contribution < 1.29 is 9.63 Å². The number of hydrogen-bond acceptors (Lipinski definition) is 5. The molecule has 6 nitrogen and oxygen atoms in total. The molecule has 4 bridgehead atoms. The average Bonchev–Trinajstić information content (AvgIpc) is 2.91. The SMILES string of the molecule is O=C(NC1C2CC3CC(C2)CC1C3)ON1CCN(c2ccc(-c3ccccn3)cc2)c2ccccc21. The summed E-state index contributed by atoms with van der Waals surface area (Å²) < 4.78 is 0. The Morgan fingerprint density at radius 1 is 0.806 bits per heavy atom. The Kier molecular flexibility index (Phi) is 5.33. The number of rotatable bonds is 4. The molecule has 1 N–H and O–H groups in total.